The maximum Gasteiger partial charge on any atom is 0.246 e. The predicted octanol–water partition coefficient (Wildman–Crippen LogP) is 3.95. The number of amides is 2. The van der Waals surface area contributed by atoms with E-state index in [0.29, 0.717) is 37.7 Å². The van der Waals surface area contributed by atoms with Crippen molar-refractivity contribution in [1.82, 2.24) is 30.0 Å². The van der Waals surface area contributed by atoms with Gasteiger partial charge in [0.05, 0.1) is 23.1 Å². The van der Waals surface area contributed by atoms with Crippen molar-refractivity contribution in [1.29, 1.82) is 5.26 Å². The van der Waals surface area contributed by atoms with Crippen LogP contribution in [0.1, 0.15) is 35.9 Å². The molecule has 3 aromatic heterocycles. The van der Waals surface area contributed by atoms with E-state index >= 15 is 0 Å². The standard InChI is InChI=1S/C29H30N8O2S/c1-19-14-21(4-8-31-19)26-23-15-22(2-3-24(23)34-35-26)33-28(39)29(17-30)7-12-36(18-29)16-25(38)37-10-5-20(6-11-37)27-32-9-13-40-27/h2-4,8-9,13-15,20H,5-7,10-12,16,18H2,1H3,(H,33,39)(H,34,35). The number of piperidine rings is 1. The Kier molecular flexibility index (Phi) is 7.04. The maximum absolute atomic E-state index is 13.4. The molecule has 2 aliphatic heterocycles. The number of carbonyl (C=O) groups excluding carboxylic acids is 2. The van der Waals surface area contributed by atoms with Gasteiger partial charge in [-0.25, -0.2) is 4.98 Å². The number of likely N-dealkylation sites (tertiary alicyclic amines) is 2. The highest BCUT2D eigenvalue weighted by Crippen LogP contribution is 2.34. The number of nitriles is 1. The number of nitrogens with one attached hydrogen (secondary N) is 2. The first kappa shape index (κ1) is 26.1. The number of anilines is 1. The lowest BCUT2D eigenvalue weighted by molar-refractivity contribution is -0.133. The number of thiazole rings is 1. The summed E-state index contributed by atoms with van der Waals surface area (Å²) in [6.07, 6.45) is 5.78. The molecule has 2 fully saturated rings. The number of benzene rings is 1. The number of hydrogen-bond donors (Lipinski definition) is 2. The van der Waals surface area contributed by atoms with Gasteiger partial charge in [-0.2, -0.15) is 10.4 Å². The molecule has 1 unspecified atom stereocenters. The third-order valence-corrected chi connectivity index (χ3v) is 8.93. The lowest BCUT2D eigenvalue weighted by Gasteiger charge is -2.32. The fourth-order valence-corrected chi connectivity index (χ4v) is 6.52. The smallest absolute Gasteiger partial charge is 0.246 e. The van der Waals surface area contributed by atoms with Crippen molar-refractivity contribution in [2.45, 2.75) is 32.1 Å². The first-order valence-electron chi connectivity index (χ1n) is 13.5. The first-order chi connectivity index (χ1) is 19.4. The zero-order valence-corrected chi connectivity index (χ0v) is 23.1. The van der Waals surface area contributed by atoms with Crippen molar-refractivity contribution in [3.63, 3.8) is 0 Å². The van der Waals surface area contributed by atoms with Gasteiger partial charge in [-0.3, -0.25) is 24.6 Å². The molecule has 1 aromatic carbocycles. The number of hydrogen-bond acceptors (Lipinski definition) is 8. The molecule has 5 heterocycles. The molecule has 0 radical (unpaired) electrons. The molecule has 2 N–H and O–H groups in total. The van der Waals surface area contributed by atoms with Gasteiger partial charge in [-0.05, 0) is 56.5 Å². The molecule has 204 valence electrons. The Bertz CT molecular complexity index is 1590. The van der Waals surface area contributed by atoms with E-state index in [1.54, 1.807) is 23.6 Å². The molecule has 10 nitrogen and oxygen atoms in total. The zero-order valence-electron chi connectivity index (χ0n) is 22.3. The van der Waals surface area contributed by atoms with Gasteiger partial charge in [0.2, 0.25) is 11.8 Å². The number of rotatable bonds is 6. The minimum atomic E-state index is -1.21. The van der Waals surface area contributed by atoms with Gasteiger partial charge in [-0.15, -0.1) is 11.3 Å². The molecular weight excluding hydrogens is 524 g/mol. The first-order valence-corrected chi connectivity index (χ1v) is 14.4. The number of carbonyl (C=O) groups is 2. The normalized spacial score (nSPS) is 20.1. The van der Waals surface area contributed by atoms with Gasteiger partial charge in [0.25, 0.3) is 0 Å². The van der Waals surface area contributed by atoms with Gasteiger partial charge in [-0.1, -0.05) is 0 Å². The SMILES string of the molecule is Cc1cc(-c2n[nH]c3ccc(NC(=O)C4(C#N)CCN(CC(=O)N5CCC(c6nccs6)CC5)C4)cc23)ccn1. The van der Waals surface area contributed by atoms with Crippen molar-refractivity contribution in [2.75, 3.05) is 38.0 Å². The van der Waals surface area contributed by atoms with E-state index in [1.165, 1.54) is 0 Å². The minimum absolute atomic E-state index is 0.0519. The molecule has 1 atom stereocenters. The summed E-state index contributed by atoms with van der Waals surface area (Å²) >= 11 is 1.67. The highest BCUT2D eigenvalue weighted by Gasteiger charge is 2.46. The second kappa shape index (κ2) is 10.8. The lowest BCUT2D eigenvalue weighted by Crippen LogP contribution is -2.44. The van der Waals surface area contributed by atoms with Crippen LogP contribution in [0.4, 0.5) is 5.69 Å². The van der Waals surface area contributed by atoms with Crippen molar-refractivity contribution in [3.05, 3.63) is 58.8 Å². The topological polar surface area (TPSA) is 131 Å². The Labute approximate surface area is 236 Å². The summed E-state index contributed by atoms with van der Waals surface area (Å²) in [4.78, 5) is 39.0. The van der Waals surface area contributed by atoms with Crippen molar-refractivity contribution >= 4 is 39.7 Å². The summed E-state index contributed by atoms with van der Waals surface area (Å²) in [6.45, 7) is 4.31. The Morgan fingerprint density at radius 1 is 1.18 bits per heavy atom. The summed E-state index contributed by atoms with van der Waals surface area (Å²) in [5, 5.41) is 24.6. The Morgan fingerprint density at radius 2 is 2.02 bits per heavy atom. The maximum atomic E-state index is 13.4. The third-order valence-electron chi connectivity index (χ3n) is 7.99. The number of H-pyrrole nitrogens is 1. The summed E-state index contributed by atoms with van der Waals surface area (Å²) < 4.78 is 0. The summed E-state index contributed by atoms with van der Waals surface area (Å²) in [7, 11) is 0. The van der Waals surface area contributed by atoms with Crippen molar-refractivity contribution in [3.8, 4) is 17.3 Å². The van der Waals surface area contributed by atoms with E-state index in [4.69, 9.17) is 0 Å². The summed E-state index contributed by atoms with van der Waals surface area (Å²) in [6, 6.07) is 11.7. The summed E-state index contributed by atoms with van der Waals surface area (Å²) in [5.74, 6) is 0.117. The van der Waals surface area contributed by atoms with Crippen LogP contribution in [0.25, 0.3) is 22.2 Å². The third kappa shape index (κ3) is 5.08. The fraction of sp³-hybridized carbons (Fsp3) is 0.379. The summed E-state index contributed by atoms with van der Waals surface area (Å²) in [5.41, 5.74) is 2.82. The van der Waals surface area contributed by atoms with Gasteiger partial charge in [0, 0.05) is 72.2 Å². The molecule has 0 aliphatic carbocycles. The van der Waals surface area contributed by atoms with Crippen LogP contribution in [0.15, 0.2) is 48.1 Å². The van der Waals surface area contributed by atoms with E-state index in [0.717, 1.165) is 45.7 Å². The van der Waals surface area contributed by atoms with Crippen molar-refractivity contribution < 1.29 is 9.59 Å². The Morgan fingerprint density at radius 3 is 2.77 bits per heavy atom. The Balaban J connectivity index is 1.09. The second-order valence-electron chi connectivity index (χ2n) is 10.7. The van der Waals surface area contributed by atoms with Crippen LogP contribution in [0, 0.1) is 23.7 Å². The molecule has 6 rings (SSSR count). The molecule has 40 heavy (non-hydrogen) atoms. The van der Waals surface area contributed by atoms with E-state index in [9.17, 15) is 14.9 Å². The molecule has 0 bridgehead atoms. The van der Waals surface area contributed by atoms with Crippen molar-refractivity contribution in [2.24, 2.45) is 5.41 Å². The quantitative estimate of drug-likeness (QED) is 0.369. The molecule has 4 aromatic rings. The average Bonchev–Trinajstić information content (AvgIpc) is 3.73. The lowest BCUT2D eigenvalue weighted by atomic mass is 9.88. The molecule has 11 heteroatoms. The predicted molar refractivity (Wildman–Crippen MR) is 152 cm³/mol. The van der Waals surface area contributed by atoms with E-state index in [2.05, 4.69) is 31.6 Å². The highest BCUT2D eigenvalue weighted by atomic mass is 32.1. The number of aromatic nitrogens is 4. The molecule has 0 saturated carbocycles. The molecule has 2 amide bonds. The molecular formula is C29H30N8O2S. The minimum Gasteiger partial charge on any atom is -0.342 e. The number of aromatic amines is 1. The number of pyridine rings is 1. The zero-order chi connectivity index (χ0) is 27.7. The molecule has 2 aliphatic rings. The number of fused-ring (bicyclic) bond motifs is 1. The molecule has 0 spiro atoms. The van der Waals surface area contributed by atoms with Gasteiger partial charge in [0.1, 0.15) is 11.1 Å². The number of aryl methyl sites for hydroxylation is 1. The van der Waals surface area contributed by atoms with Crippen LogP contribution in [-0.4, -0.2) is 74.5 Å². The van der Waals surface area contributed by atoms with Crippen LogP contribution in [-0.2, 0) is 9.59 Å². The second-order valence-corrected chi connectivity index (χ2v) is 11.6. The van der Waals surface area contributed by atoms with Gasteiger partial charge < -0.3 is 10.2 Å². The van der Waals surface area contributed by atoms with Crippen LogP contribution in [0.3, 0.4) is 0 Å². The highest BCUT2D eigenvalue weighted by molar-refractivity contribution is 7.09. The Hall–Kier alpha value is -4.14. The van der Waals surface area contributed by atoms with Crippen LogP contribution in [0.5, 0.6) is 0 Å². The van der Waals surface area contributed by atoms with Crippen LogP contribution in [0.2, 0.25) is 0 Å². The average molecular weight is 555 g/mol. The van der Waals surface area contributed by atoms with E-state index in [-0.39, 0.29) is 24.9 Å². The van der Waals surface area contributed by atoms with E-state index < -0.39 is 5.41 Å². The largest absolute Gasteiger partial charge is 0.342 e. The monoisotopic (exact) mass is 554 g/mol. The fourth-order valence-electron chi connectivity index (χ4n) is 5.71. The van der Waals surface area contributed by atoms with Gasteiger partial charge in [0.15, 0.2) is 0 Å². The van der Waals surface area contributed by atoms with Crippen LogP contribution >= 0.6 is 11.3 Å². The number of nitrogens with zero attached hydrogens (tertiary/aromatic N) is 6. The van der Waals surface area contributed by atoms with Crippen LogP contribution < -0.4 is 5.32 Å². The van der Waals surface area contributed by atoms with E-state index in [1.807, 2.05) is 52.6 Å². The molecule has 2 saturated heterocycles. The van der Waals surface area contributed by atoms with Gasteiger partial charge >= 0.3 is 0 Å².